The minimum Gasteiger partial charge on any atom is -0.507 e. The first-order chi connectivity index (χ1) is 11.6. The maximum Gasteiger partial charge on any atom is 0.308 e. The molecule has 1 aliphatic carbocycles. The second-order valence-corrected chi connectivity index (χ2v) is 7.36. The monoisotopic (exact) mass is 365 g/mol. The molecule has 0 radical (unpaired) electrons. The first-order valence-electron chi connectivity index (χ1n) is 8.19. The van der Waals surface area contributed by atoms with Gasteiger partial charge in [0.05, 0.1) is 23.2 Å². The highest BCUT2D eigenvalue weighted by atomic mass is 35.5. The number of rotatable bonds is 4. The topological polar surface area (TPSA) is 59.4 Å². The summed E-state index contributed by atoms with van der Waals surface area (Å²) in [6, 6.07) is 4.97. The van der Waals surface area contributed by atoms with Crippen molar-refractivity contribution in [3.63, 3.8) is 0 Å². The average Bonchev–Trinajstić information content (AvgIpc) is 3.07. The minimum atomic E-state index is -0.0698. The third kappa shape index (κ3) is 3.73. The molecular weight excluding hydrogens is 346 g/mol. The Morgan fingerprint density at radius 3 is 2.83 bits per heavy atom. The Labute approximate surface area is 150 Å². The van der Waals surface area contributed by atoms with Crippen LogP contribution in [0.2, 0.25) is 5.02 Å². The summed E-state index contributed by atoms with van der Waals surface area (Å²) in [6.07, 6.45) is 3.58. The maximum atomic E-state index is 11.8. The largest absolute Gasteiger partial charge is 0.507 e. The van der Waals surface area contributed by atoms with Gasteiger partial charge in [-0.1, -0.05) is 11.6 Å². The number of nitrogens with zero attached hydrogens (tertiary/aromatic N) is 1. The van der Waals surface area contributed by atoms with Crippen LogP contribution in [0.3, 0.4) is 0 Å². The second-order valence-electron chi connectivity index (χ2n) is 6.03. The maximum absolute atomic E-state index is 11.8. The van der Waals surface area contributed by atoms with E-state index in [-0.39, 0.29) is 17.6 Å². The van der Waals surface area contributed by atoms with Crippen molar-refractivity contribution in [2.75, 3.05) is 6.61 Å². The first-order valence-corrected chi connectivity index (χ1v) is 9.45. The Morgan fingerprint density at radius 1 is 1.38 bits per heavy atom. The van der Waals surface area contributed by atoms with Crippen LogP contribution in [0.1, 0.15) is 43.5 Å². The number of hydrogen-bond acceptors (Lipinski definition) is 5. The highest BCUT2D eigenvalue weighted by molar-refractivity contribution is 7.10. The predicted molar refractivity (Wildman–Crippen MR) is 95.6 cm³/mol. The number of aromatic hydroxyl groups is 1. The van der Waals surface area contributed by atoms with Gasteiger partial charge in [-0.3, -0.25) is 4.79 Å². The van der Waals surface area contributed by atoms with Crippen LogP contribution in [0.5, 0.6) is 5.75 Å². The van der Waals surface area contributed by atoms with E-state index in [9.17, 15) is 9.90 Å². The van der Waals surface area contributed by atoms with Crippen LogP contribution in [0.4, 0.5) is 0 Å². The summed E-state index contributed by atoms with van der Waals surface area (Å²) in [5.74, 6) is 0.509. The zero-order valence-corrected chi connectivity index (χ0v) is 15.1. The van der Waals surface area contributed by atoms with E-state index in [1.165, 1.54) is 0 Å². The fraction of sp³-hybridized carbons (Fsp3) is 0.444. The Bertz CT molecular complexity index is 723. The van der Waals surface area contributed by atoms with E-state index in [1.807, 2.05) is 12.3 Å². The standard InChI is InChI=1S/C18H20ClNO3S/c1-2-23-18(22)12-5-3-11(4-6-12)17-20-15(10-24-17)14-9-13(19)7-8-16(14)21/h7-12,21H,2-6H2,1H3. The zero-order valence-electron chi connectivity index (χ0n) is 13.5. The van der Waals surface area contributed by atoms with Crippen molar-refractivity contribution in [2.45, 2.75) is 38.5 Å². The summed E-state index contributed by atoms with van der Waals surface area (Å²) in [5, 5.41) is 13.6. The second kappa shape index (κ2) is 7.53. The first kappa shape index (κ1) is 17.2. The van der Waals surface area contributed by atoms with Crippen LogP contribution >= 0.6 is 22.9 Å². The molecule has 128 valence electrons. The lowest BCUT2D eigenvalue weighted by Gasteiger charge is -2.25. The molecular formula is C18H20ClNO3S. The molecule has 1 aromatic heterocycles. The number of aromatic nitrogens is 1. The fourth-order valence-corrected chi connectivity index (χ4v) is 4.31. The van der Waals surface area contributed by atoms with Gasteiger partial charge in [0.15, 0.2) is 0 Å². The molecule has 1 saturated carbocycles. The number of carbonyl (C=O) groups is 1. The van der Waals surface area contributed by atoms with Crippen molar-refractivity contribution in [2.24, 2.45) is 5.92 Å². The van der Waals surface area contributed by atoms with Crippen molar-refractivity contribution < 1.29 is 14.6 Å². The van der Waals surface area contributed by atoms with E-state index < -0.39 is 0 Å². The van der Waals surface area contributed by atoms with Gasteiger partial charge in [-0.2, -0.15) is 0 Å². The molecule has 1 fully saturated rings. The van der Waals surface area contributed by atoms with Gasteiger partial charge in [-0.15, -0.1) is 11.3 Å². The molecule has 1 aromatic carbocycles. The highest BCUT2D eigenvalue weighted by Gasteiger charge is 2.29. The van der Waals surface area contributed by atoms with E-state index in [4.69, 9.17) is 21.3 Å². The molecule has 1 heterocycles. The lowest BCUT2D eigenvalue weighted by atomic mass is 9.82. The number of phenolic OH excluding ortho intramolecular Hbond substituents is 1. The molecule has 0 unspecified atom stereocenters. The molecule has 6 heteroatoms. The highest BCUT2D eigenvalue weighted by Crippen LogP contribution is 2.40. The Hall–Kier alpha value is -1.59. The van der Waals surface area contributed by atoms with E-state index in [0.717, 1.165) is 36.4 Å². The summed E-state index contributed by atoms with van der Waals surface area (Å²) in [7, 11) is 0. The van der Waals surface area contributed by atoms with Gasteiger partial charge in [-0.25, -0.2) is 4.98 Å². The lowest BCUT2D eigenvalue weighted by Crippen LogP contribution is -2.23. The van der Waals surface area contributed by atoms with Gasteiger partial charge in [0.25, 0.3) is 0 Å². The number of thiazole rings is 1. The zero-order chi connectivity index (χ0) is 17.1. The molecule has 0 spiro atoms. The summed E-state index contributed by atoms with van der Waals surface area (Å²) in [6.45, 7) is 2.28. The van der Waals surface area contributed by atoms with Crippen molar-refractivity contribution in [3.05, 3.63) is 33.6 Å². The minimum absolute atomic E-state index is 0.0256. The number of ether oxygens (including phenoxy) is 1. The molecule has 3 rings (SSSR count). The van der Waals surface area contributed by atoms with Gasteiger partial charge in [0, 0.05) is 21.9 Å². The SMILES string of the molecule is CCOC(=O)C1CCC(c2nc(-c3cc(Cl)ccc3O)cs2)CC1. The molecule has 2 aromatic rings. The third-order valence-corrected chi connectivity index (χ3v) is 5.70. The molecule has 1 N–H and O–H groups in total. The number of esters is 1. The van der Waals surface area contributed by atoms with Crippen LogP contribution in [-0.4, -0.2) is 22.7 Å². The van der Waals surface area contributed by atoms with Gasteiger partial charge in [-0.05, 0) is 50.8 Å². The van der Waals surface area contributed by atoms with Crippen LogP contribution in [0.15, 0.2) is 23.6 Å². The van der Waals surface area contributed by atoms with E-state index in [0.29, 0.717) is 23.1 Å². The predicted octanol–water partition coefficient (Wildman–Crippen LogP) is 5.01. The van der Waals surface area contributed by atoms with Crippen molar-refractivity contribution in [1.82, 2.24) is 4.98 Å². The molecule has 0 bridgehead atoms. The number of carbonyl (C=O) groups excluding carboxylic acids is 1. The summed E-state index contributed by atoms with van der Waals surface area (Å²) in [5.41, 5.74) is 1.41. The molecule has 1 aliphatic rings. The normalized spacial score (nSPS) is 20.8. The van der Waals surface area contributed by atoms with E-state index in [1.54, 1.807) is 29.5 Å². The summed E-state index contributed by atoms with van der Waals surface area (Å²) in [4.78, 5) is 16.5. The molecule has 0 atom stereocenters. The molecule has 0 aliphatic heterocycles. The van der Waals surface area contributed by atoms with Gasteiger partial charge in [0.1, 0.15) is 5.75 Å². The van der Waals surface area contributed by atoms with E-state index >= 15 is 0 Å². The molecule has 0 amide bonds. The van der Waals surface area contributed by atoms with Gasteiger partial charge >= 0.3 is 5.97 Å². The lowest BCUT2D eigenvalue weighted by molar-refractivity contribution is -0.149. The summed E-state index contributed by atoms with van der Waals surface area (Å²) >= 11 is 7.62. The Balaban J connectivity index is 1.69. The van der Waals surface area contributed by atoms with E-state index in [2.05, 4.69) is 0 Å². The quantitative estimate of drug-likeness (QED) is 0.774. The van der Waals surface area contributed by atoms with Crippen LogP contribution < -0.4 is 0 Å². The van der Waals surface area contributed by atoms with Gasteiger partial charge in [0.2, 0.25) is 0 Å². The molecule has 4 nitrogen and oxygen atoms in total. The third-order valence-electron chi connectivity index (χ3n) is 4.45. The Morgan fingerprint density at radius 2 is 2.12 bits per heavy atom. The van der Waals surface area contributed by atoms with Crippen molar-refractivity contribution >= 4 is 28.9 Å². The van der Waals surface area contributed by atoms with Crippen molar-refractivity contribution in [3.8, 4) is 17.0 Å². The smallest absolute Gasteiger partial charge is 0.308 e. The number of benzene rings is 1. The molecule has 24 heavy (non-hydrogen) atoms. The average molecular weight is 366 g/mol. The molecule has 0 saturated heterocycles. The van der Waals surface area contributed by atoms with Crippen LogP contribution in [-0.2, 0) is 9.53 Å². The number of halogens is 1. The summed E-state index contributed by atoms with van der Waals surface area (Å²) < 4.78 is 5.12. The Kier molecular flexibility index (Phi) is 5.41. The van der Waals surface area contributed by atoms with Crippen LogP contribution in [0, 0.1) is 5.92 Å². The number of hydrogen-bond donors (Lipinski definition) is 1. The van der Waals surface area contributed by atoms with Crippen molar-refractivity contribution in [1.29, 1.82) is 0 Å². The van der Waals surface area contributed by atoms with Crippen LogP contribution in [0.25, 0.3) is 11.3 Å². The number of phenols is 1. The fourth-order valence-electron chi connectivity index (χ4n) is 3.15. The van der Waals surface area contributed by atoms with Gasteiger partial charge < -0.3 is 9.84 Å².